The third kappa shape index (κ3) is 5.04. The zero-order valence-electron chi connectivity index (χ0n) is 13.7. The van der Waals surface area contributed by atoms with E-state index in [0.29, 0.717) is 5.56 Å². The van der Waals surface area contributed by atoms with Crippen molar-refractivity contribution in [2.75, 3.05) is 32.7 Å². The smallest absolute Gasteiger partial charge is 0.251 e. The first-order valence-corrected chi connectivity index (χ1v) is 8.88. The molecule has 23 heavy (non-hydrogen) atoms. The molecule has 0 unspecified atom stereocenters. The lowest BCUT2D eigenvalue weighted by atomic mass is 10.2. The summed E-state index contributed by atoms with van der Waals surface area (Å²) in [6, 6.07) is 6.59. The van der Waals surface area contributed by atoms with Crippen LogP contribution in [0.15, 0.2) is 28.7 Å². The zero-order chi connectivity index (χ0) is 16.8. The van der Waals surface area contributed by atoms with Gasteiger partial charge in [0.25, 0.3) is 5.91 Å². The monoisotopic (exact) mass is 381 g/mol. The van der Waals surface area contributed by atoms with E-state index in [4.69, 9.17) is 0 Å². The van der Waals surface area contributed by atoms with E-state index in [0.717, 1.165) is 43.6 Å². The first-order valence-electron chi connectivity index (χ1n) is 8.09. The number of piperazine rings is 1. The topological polar surface area (TPSA) is 52.6 Å². The van der Waals surface area contributed by atoms with Gasteiger partial charge in [-0.1, -0.05) is 22.9 Å². The summed E-state index contributed by atoms with van der Waals surface area (Å²) in [6.07, 6.45) is 1.13. The highest BCUT2D eigenvalue weighted by Crippen LogP contribution is 2.11. The van der Waals surface area contributed by atoms with Crippen LogP contribution < -0.4 is 5.32 Å². The van der Waals surface area contributed by atoms with Crippen LogP contribution in [0.1, 0.15) is 30.6 Å². The van der Waals surface area contributed by atoms with Gasteiger partial charge in [0.05, 0.1) is 0 Å². The van der Waals surface area contributed by atoms with Gasteiger partial charge in [0.2, 0.25) is 5.91 Å². The molecule has 0 radical (unpaired) electrons. The summed E-state index contributed by atoms with van der Waals surface area (Å²) in [5.41, 5.74) is 0.556. The lowest BCUT2D eigenvalue weighted by molar-refractivity contribution is -0.134. The molecule has 6 heteroatoms. The second kappa shape index (κ2) is 8.45. The highest BCUT2D eigenvalue weighted by Gasteiger charge is 2.25. The summed E-state index contributed by atoms with van der Waals surface area (Å²) >= 11 is 3.34. The molecule has 1 aliphatic heterocycles. The van der Waals surface area contributed by atoms with E-state index < -0.39 is 6.04 Å². The molecule has 5 nitrogen and oxygen atoms in total. The third-order valence-electron chi connectivity index (χ3n) is 4.05. The number of halogens is 1. The Balaban J connectivity index is 1.85. The molecule has 1 aliphatic rings. The van der Waals surface area contributed by atoms with E-state index in [1.807, 2.05) is 17.0 Å². The van der Waals surface area contributed by atoms with Crippen molar-refractivity contribution < 1.29 is 9.59 Å². The average molecular weight is 382 g/mol. The molecule has 2 rings (SSSR count). The number of nitrogens with zero attached hydrogens (tertiary/aromatic N) is 2. The fourth-order valence-electron chi connectivity index (χ4n) is 2.72. The molecule has 0 bridgehead atoms. The van der Waals surface area contributed by atoms with Crippen molar-refractivity contribution in [2.45, 2.75) is 26.3 Å². The Labute approximate surface area is 146 Å². The number of benzene rings is 1. The van der Waals surface area contributed by atoms with Crippen LogP contribution in [-0.2, 0) is 4.79 Å². The van der Waals surface area contributed by atoms with Crippen molar-refractivity contribution in [3.05, 3.63) is 34.3 Å². The van der Waals surface area contributed by atoms with Crippen LogP contribution in [0, 0.1) is 0 Å². The predicted octanol–water partition coefficient (Wildman–Crippen LogP) is 2.12. The summed E-state index contributed by atoms with van der Waals surface area (Å²) in [7, 11) is 0. The number of carbonyl (C=O) groups excluding carboxylic acids is 2. The van der Waals surface area contributed by atoms with Crippen LogP contribution >= 0.6 is 15.9 Å². The molecule has 1 fully saturated rings. The first kappa shape index (κ1) is 17.9. The minimum Gasteiger partial charge on any atom is -0.341 e. The van der Waals surface area contributed by atoms with Gasteiger partial charge in [-0.25, -0.2) is 0 Å². The van der Waals surface area contributed by atoms with Crippen molar-refractivity contribution in [1.82, 2.24) is 15.1 Å². The van der Waals surface area contributed by atoms with Gasteiger partial charge in [0.15, 0.2) is 0 Å². The van der Waals surface area contributed by atoms with Gasteiger partial charge in [0, 0.05) is 36.2 Å². The molecular formula is C17H24BrN3O2. The summed E-state index contributed by atoms with van der Waals surface area (Å²) in [4.78, 5) is 28.9. The number of hydrogen-bond donors (Lipinski definition) is 1. The summed E-state index contributed by atoms with van der Waals surface area (Å²) in [5, 5.41) is 2.79. The van der Waals surface area contributed by atoms with Gasteiger partial charge in [-0.15, -0.1) is 0 Å². The van der Waals surface area contributed by atoms with E-state index in [1.54, 1.807) is 19.1 Å². The standard InChI is InChI=1S/C17H24BrN3O2/c1-3-8-20-9-11-21(12-10-20)17(23)13(2)19-16(22)14-4-6-15(18)7-5-14/h4-7,13H,3,8-12H2,1-2H3,(H,19,22)/t13-/m0/s1. The van der Waals surface area contributed by atoms with Gasteiger partial charge in [-0.2, -0.15) is 0 Å². The van der Waals surface area contributed by atoms with Crippen LogP contribution in [0.5, 0.6) is 0 Å². The van der Waals surface area contributed by atoms with Crippen molar-refractivity contribution in [2.24, 2.45) is 0 Å². The van der Waals surface area contributed by atoms with Crippen LogP contribution in [0.3, 0.4) is 0 Å². The molecule has 1 saturated heterocycles. The van der Waals surface area contributed by atoms with Gasteiger partial charge in [-0.3, -0.25) is 14.5 Å². The molecule has 0 aliphatic carbocycles. The van der Waals surface area contributed by atoms with Gasteiger partial charge < -0.3 is 10.2 Å². The Kier molecular flexibility index (Phi) is 6.59. The average Bonchev–Trinajstić information content (AvgIpc) is 2.55. The largest absolute Gasteiger partial charge is 0.341 e. The third-order valence-corrected chi connectivity index (χ3v) is 4.58. The number of nitrogens with one attached hydrogen (secondary N) is 1. The molecule has 1 aromatic rings. The second-order valence-electron chi connectivity index (χ2n) is 5.87. The highest BCUT2D eigenvalue weighted by atomic mass is 79.9. The van der Waals surface area contributed by atoms with Crippen LogP contribution in [-0.4, -0.2) is 60.4 Å². The summed E-state index contributed by atoms with van der Waals surface area (Å²) in [6.45, 7) is 8.28. The molecule has 1 aromatic carbocycles. The van der Waals surface area contributed by atoms with Crippen molar-refractivity contribution in [1.29, 1.82) is 0 Å². The highest BCUT2D eigenvalue weighted by molar-refractivity contribution is 9.10. The van der Waals surface area contributed by atoms with Crippen LogP contribution in [0.25, 0.3) is 0 Å². The summed E-state index contributed by atoms with van der Waals surface area (Å²) in [5.74, 6) is -0.227. The number of rotatable bonds is 5. The predicted molar refractivity (Wildman–Crippen MR) is 94.4 cm³/mol. The Morgan fingerprint density at radius 3 is 2.35 bits per heavy atom. The summed E-state index contributed by atoms with van der Waals surface area (Å²) < 4.78 is 0.920. The normalized spacial score (nSPS) is 16.9. The van der Waals surface area contributed by atoms with Crippen LogP contribution in [0.2, 0.25) is 0 Å². The van der Waals surface area contributed by atoms with E-state index in [9.17, 15) is 9.59 Å². The van der Waals surface area contributed by atoms with E-state index in [-0.39, 0.29) is 11.8 Å². The van der Waals surface area contributed by atoms with Gasteiger partial charge >= 0.3 is 0 Å². The zero-order valence-corrected chi connectivity index (χ0v) is 15.3. The minimum atomic E-state index is -0.510. The van der Waals surface area contributed by atoms with E-state index in [2.05, 4.69) is 33.1 Å². The molecular weight excluding hydrogens is 358 g/mol. The van der Waals surface area contributed by atoms with Crippen molar-refractivity contribution in [3.8, 4) is 0 Å². The maximum atomic E-state index is 12.5. The molecule has 0 saturated carbocycles. The Morgan fingerprint density at radius 2 is 1.78 bits per heavy atom. The molecule has 1 N–H and O–H groups in total. The van der Waals surface area contributed by atoms with E-state index >= 15 is 0 Å². The first-order chi connectivity index (χ1) is 11.0. The number of amides is 2. The SMILES string of the molecule is CCCN1CCN(C(=O)[C@H](C)NC(=O)c2ccc(Br)cc2)CC1. The van der Waals surface area contributed by atoms with E-state index in [1.165, 1.54) is 0 Å². The quantitative estimate of drug-likeness (QED) is 0.849. The number of carbonyl (C=O) groups is 2. The molecule has 1 atom stereocenters. The molecule has 126 valence electrons. The van der Waals surface area contributed by atoms with Gasteiger partial charge in [-0.05, 0) is 44.2 Å². The Hall–Kier alpha value is -1.40. The van der Waals surface area contributed by atoms with Crippen molar-refractivity contribution >= 4 is 27.7 Å². The lowest BCUT2D eigenvalue weighted by Gasteiger charge is -2.35. The minimum absolute atomic E-state index is 0.00777. The molecule has 2 amide bonds. The molecule has 0 spiro atoms. The Morgan fingerprint density at radius 1 is 1.17 bits per heavy atom. The molecule has 1 heterocycles. The maximum absolute atomic E-state index is 12.5. The number of hydrogen-bond acceptors (Lipinski definition) is 3. The fraction of sp³-hybridized carbons (Fsp3) is 0.529. The fourth-order valence-corrected chi connectivity index (χ4v) is 2.99. The van der Waals surface area contributed by atoms with Crippen LogP contribution in [0.4, 0.5) is 0 Å². The van der Waals surface area contributed by atoms with Crippen molar-refractivity contribution in [3.63, 3.8) is 0 Å². The molecule has 0 aromatic heterocycles. The lowest BCUT2D eigenvalue weighted by Crippen LogP contribution is -2.54. The second-order valence-corrected chi connectivity index (χ2v) is 6.78. The Bertz CT molecular complexity index is 539. The van der Waals surface area contributed by atoms with Gasteiger partial charge in [0.1, 0.15) is 6.04 Å². The maximum Gasteiger partial charge on any atom is 0.251 e.